The van der Waals surface area contributed by atoms with Gasteiger partial charge in [0.2, 0.25) is 5.91 Å². The average Bonchev–Trinajstić information content (AvgIpc) is 2.74. The highest BCUT2D eigenvalue weighted by atomic mass is 35.5. The maximum Gasteiger partial charge on any atom is 0.262 e. The van der Waals surface area contributed by atoms with Gasteiger partial charge >= 0.3 is 0 Å². The van der Waals surface area contributed by atoms with E-state index in [4.69, 9.17) is 16.3 Å². The van der Waals surface area contributed by atoms with Gasteiger partial charge in [-0.1, -0.05) is 29.8 Å². The number of rotatable bonds is 8. The molecule has 29 heavy (non-hydrogen) atoms. The fourth-order valence-corrected chi connectivity index (χ4v) is 3.20. The van der Waals surface area contributed by atoms with E-state index in [2.05, 4.69) is 10.6 Å². The first-order chi connectivity index (χ1) is 14.1. The van der Waals surface area contributed by atoms with Gasteiger partial charge in [0.15, 0.2) is 6.61 Å². The van der Waals surface area contributed by atoms with Crippen molar-refractivity contribution in [3.05, 3.63) is 83.9 Å². The molecule has 0 aromatic heterocycles. The van der Waals surface area contributed by atoms with Crippen LogP contribution in [0.1, 0.15) is 0 Å². The van der Waals surface area contributed by atoms with E-state index in [1.807, 2.05) is 30.3 Å². The van der Waals surface area contributed by atoms with Crippen LogP contribution in [0.25, 0.3) is 0 Å². The molecule has 0 spiro atoms. The number of hydrogen-bond acceptors (Lipinski definition) is 4. The van der Waals surface area contributed by atoms with Gasteiger partial charge in [0.25, 0.3) is 5.91 Å². The molecule has 0 unspecified atom stereocenters. The van der Waals surface area contributed by atoms with Gasteiger partial charge in [0.05, 0.1) is 5.75 Å². The van der Waals surface area contributed by atoms with E-state index < -0.39 is 0 Å². The third-order valence-electron chi connectivity index (χ3n) is 3.75. The molecule has 3 aromatic rings. The second kappa shape index (κ2) is 10.5. The number of carbonyl (C=O) groups is 2. The molecule has 3 aromatic carbocycles. The maximum absolute atomic E-state index is 12.0. The number of halogens is 1. The van der Waals surface area contributed by atoms with Crippen molar-refractivity contribution in [2.24, 2.45) is 0 Å². The Labute approximate surface area is 178 Å². The Morgan fingerprint density at radius 3 is 2.03 bits per heavy atom. The number of benzene rings is 3. The predicted molar refractivity (Wildman–Crippen MR) is 118 cm³/mol. The Bertz CT molecular complexity index is 948. The largest absolute Gasteiger partial charge is 0.484 e. The fraction of sp³-hybridized carbons (Fsp3) is 0.0909. The molecule has 0 radical (unpaired) electrons. The third-order valence-corrected chi connectivity index (χ3v) is 5.01. The lowest BCUT2D eigenvalue weighted by atomic mass is 10.3. The van der Waals surface area contributed by atoms with Gasteiger partial charge in [-0.25, -0.2) is 0 Å². The molecule has 0 atom stereocenters. The van der Waals surface area contributed by atoms with E-state index in [9.17, 15) is 9.59 Å². The van der Waals surface area contributed by atoms with E-state index in [1.165, 1.54) is 11.8 Å². The molecule has 148 valence electrons. The quantitative estimate of drug-likeness (QED) is 0.492. The molecule has 0 saturated heterocycles. The second-order valence-electron chi connectivity index (χ2n) is 6.02. The van der Waals surface area contributed by atoms with Crippen molar-refractivity contribution in [1.29, 1.82) is 0 Å². The maximum atomic E-state index is 12.0. The lowest BCUT2D eigenvalue weighted by Crippen LogP contribution is -2.20. The highest BCUT2D eigenvalue weighted by Gasteiger charge is 2.06. The highest BCUT2D eigenvalue weighted by Crippen LogP contribution is 2.21. The monoisotopic (exact) mass is 426 g/mol. The van der Waals surface area contributed by atoms with Crippen molar-refractivity contribution in [2.45, 2.75) is 4.90 Å². The summed E-state index contributed by atoms with van der Waals surface area (Å²) in [6.45, 7) is -0.0641. The smallest absolute Gasteiger partial charge is 0.262 e. The number of para-hydroxylation sites is 1. The Balaban J connectivity index is 1.41. The van der Waals surface area contributed by atoms with Crippen molar-refractivity contribution < 1.29 is 14.3 Å². The van der Waals surface area contributed by atoms with Crippen LogP contribution in [-0.2, 0) is 9.59 Å². The van der Waals surface area contributed by atoms with Gasteiger partial charge in [-0.3, -0.25) is 9.59 Å². The van der Waals surface area contributed by atoms with Crippen LogP contribution in [0.15, 0.2) is 83.8 Å². The minimum Gasteiger partial charge on any atom is -0.484 e. The van der Waals surface area contributed by atoms with Crippen LogP contribution in [0, 0.1) is 0 Å². The number of amides is 2. The first-order valence-corrected chi connectivity index (χ1v) is 10.2. The van der Waals surface area contributed by atoms with Gasteiger partial charge in [-0.15, -0.1) is 11.8 Å². The Morgan fingerprint density at radius 1 is 0.793 bits per heavy atom. The minimum atomic E-state index is -0.239. The zero-order valence-electron chi connectivity index (χ0n) is 15.4. The lowest BCUT2D eigenvalue weighted by Gasteiger charge is -2.08. The number of anilines is 2. The first kappa shape index (κ1) is 20.8. The second-order valence-corrected chi connectivity index (χ2v) is 7.50. The molecule has 0 fully saturated rings. The molecule has 2 amide bonds. The van der Waals surface area contributed by atoms with E-state index in [-0.39, 0.29) is 24.2 Å². The summed E-state index contributed by atoms with van der Waals surface area (Å²) in [5.41, 5.74) is 1.37. The average molecular weight is 427 g/mol. The van der Waals surface area contributed by atoms with Gasteiger partial charge < -0.3 is 15.4 Å². The van der Waals surface area contributed by atoms with Gasteiger partial charge in [-0.05, 0) is 60.7 Å². The summed E-state index contributed by atoms with van der Waals surface area (Å²) in [4.78, 5) is 24.9. The normalized spacial score (nSPS) is 10.2. The summed E-state index contributed by atoms with van der Waals surface area (Å²) < 4.78 is 5.42. The van der Waals surface area contributed by atoms with E-state index in [0.29, 0.717) is 22.1 Å². The predicted octanol–water partition coefficient (Wildman–Crippen LogP) is 5.09. The molecule has 0 aliphatic heterocycles. The topological polar surface area (TPSA) is 67.4 Å². The Hall–Kier alpha value is -2.96. The van der Waals surface area contributed by atoms with Crippen LogP contribution in [0.4, 0.5) is 11.4 Å². The molecule has 7 heteroatoms. The minimum absolute atomic E-state index is 0.0641. The molecule has 5 nitrogen and oxygen atoms in total. The van der Waals surface area contributed by atoms with Gasteiger partial charge in [0.1, 0.15) is 5.75 Å². The highest BCUT2D eigenvalue weighted by molar-refractivity contribution is 8.00. The van der Waals surface area contributed by atoms with Crippen LogP contribution in [0.3, 0.4) is 0 Å². The molecule has 0 bridgehead atoms. The summed E-state index contributed by atoms with van der Waals surface area (Å²) in [6.07, 6.45) is 0. The van der Waals surface area contributed by atoms with Crippen molar-refractivity contribution in [3.8, 4) is 5.75 Å². The van der Waals surface area contributed by atoms with Crippen molar-refractivity contribution >= 4 is 46.6 Å². The number of thioether (sulfide) groups is 1. The van der Waals surface area contributed by atoms with E-state index in [0.717, 1.165) is 4.90 Å². The lowest BCUT2D eigenvalue weighted by molar-refractivity contribution is -0.118. The van der Waals surface area contributed by atoms with Crippen LogP contribution in [0.5, 0.6) is 5.75 Å². The fourth-order valence-electron chi connectivity index (χ4n) is 2.38. The molecule has 3 rings (SSSR count). The van der Waals surface area contributed by atoms with Crippen LogP contribution in [0.2, 0.25) is 5.02 Å². The summed E-state index contributed by atoms with van der Waals surface area (Å²) in [5.74, 6) is 0.579. The number of nitrogens with one attached hydrogen (secondary N) is 2. The first-order valence-electron chi connectivity index (χ1n) is 8.84. The standard InChI is InChI=1S/C22H19ClN2O3S/c23-16-6-8-17(9-7-16)25-22(27)15-29-20-12-10-18(11-13-20)24-21(26)14-28-19-4-2-1-3-5-19/h1-13H,14-15H2,(H,24,26)(H,25,27). The summed E-state index contributed by atoms with van der Waals surface area (Å²) >= 11 is 7.24. The van der Waals surface area contributed by atoms with Crippen molar-refractivity contribution in [1.82, 2.24) is 0 Å². The van der Waals surface area contributed by atoms with Crippen molar-refractivity contribution in [3.63, 3.8) is 0 Å². The molecular weight excluding hydrogens is 408 g/mol. The van der Waals surface area contributed by atoms with E-state index in [1.54, 1.807) is 48.5 Å². The number of carbonyl (C=O) groups excluding carboxylic acids is 2. The summed E-state index contributed by atoms with van der Waals surface area (Å²) in [7, 11) is 0. The number of ether oxygens (including phenoxy) is 1. The van der Waals surface area contributed by atoms with Crippen LogP contribution < -0.4 is 15.4 Å². The number of hydrogen-bond donors (Lipinski definition) is 2. The van der Waals surface area contributed by atoms with Crippen molar-refractivity contribution in [2.75, 3.05) is 23.0 Å². The zero-order chi connectivity index (χ0) is 20.5. The van der Waals surface area contributed by atoms with Crippen LogP contribution in [-0.4, -0.2) is 24.2 Å². The zero-order valence-corrected chi connectivity index (χ0v) is 17.0. The molecule has 2 N–H and O–H groups in total. The molecule has 0 aliphatic rings. The van der Waals surface area contributed by atoms with E-state index >= 15 is 0 Å². The van der Waals surface area contributed by atoms with Crippen LogP contribution >= 0.6 is 23.4 Å². The van der Waals surface area contributed by atoms with Gasteiger partial charge in [0, 0.05) is 21.3 Å². The SMILES string of the molecule is O=C(COc1ccccc1)Nc1ccc(SCC(=O)Nc2ccc(Cl)cc2)cc1. The summed E-state index contributed by atoms with van der Waals surface area (Å²) in [5, 5.41) is 6.21. The van der Waals surface area contributed by atoms with Gasteiger partial charge in [-0.2, -0.15) is 0 Å². The summed E-state index contributed by atoms with van der Waals surface area (Å²) in [6, 6.07) is 23.4. The Kier molecular flexibility index (Phi) is 7.55. The molecular formula is C22H19ClN2O3S. The molecule has 0 saturated carbocycles. The third kappa shape index (κ3) is 7.18. The molecule has 0 aliphatic carbocycles. The Morgan fingerprint density at radius 2 is 1.38 bits per heavy atom. The molecule has 0 heterocycles.